The van der Waals surface area contributed by atoms with Crippen LogP contribution in [0.3, 0.4) is 0 Å². The van der Waals surface area contributed by atoms with Crippen molar-refractivity contribution < 1.29 is 22.6 Å². The van der Waals surface area contributed by atoms with Gasteiger partial charge < -0.3 is 20.1 Å². The molecule has 6 nitrogen and oxygen atoms in total. The van der Waals surface area contributed by atoms with Crippen LogP contribution in [0.4, 0.5) is 13.2 Å². The molecule has 0 aliphatic heterocycles. The molecule has 0 amide bonds. The van der Waals surface area contributed by atoms with Crippen LogP contribution in [0, 0.1) is 6.92 Å². The van der Waals surface area contributed by atoms with Gasteiger partial charge in [-0.3, -0.25) is 4.99 Å². The standard InChI is InChI=1S/C20H25F3N4O2/c1-14-4-5-15(10-17(14)28-3)8-9-25-19(24-2)27-12-16-6-7-18(26-11-16)29-13-20(21,22)23/h4-7,10-11H,8-9,12-13H2,1-3H3,(H2,24,25,27). The molecule has 0 aliphatic rings. The zero-order valence-electron chi connectivity index (χ0n) is 16.6. The molecule has 0 aliphatic carbocycles. The maximum absolute atomic E-state index is 12.1. The smallest absolute Gasteiger partial charge is 0.422 e. The zero-order valence-corrected chi connectivity index (χ0v) is 16.6. The second-order valence-electron chi connectivity index (χ2n) is 6.32. The minimum absolute atomic E-state index is 0.0675. The number of ether oxygens (including phenoxy) is 2. The van der Waals surface area contributed by atoms with E-state index < -0.39 is 12.8 Å². The summed E-state index contributed by atoms with van der Waals surface area (Å²) in [5.41, 5.74) is 3.02. The number of nitrogens with one attached hydrogen (secondary N) is 2. The van der Waals surface area contributed by atoms with Crippen molar-refractivity contribution in [2.24, 2.45) is 4.99 Å². The van der Waals surface area contributed by atoms with Gasteiger partial charge in [0.2, 0.25) is 5.88 Å². The van der Waals surface area contributed by atoms with E-state index in [4.69, 9.17) is 4.74 Å². The van der Waals surface area contributed by atoms with Crippen LogP contribution in [-0.4, -0.2) is 44.4 Å². The molecule has 9 heteroatoms. The van der Waals surface area contributed by atoms with E-state index in [-0.39, 0.29) is 5.88 Å². The highest BCUT2D eigenvalue weighted by Crippen LogP contribution is 2.19. The first-order valence-corrected chi connectivity index (χ1v) is 9.03. The lowest BCUT2D eigenvalue weighted by Gasteiger charge is -2.13. The molecular formula is C20H25F3N4O2. The third kappa shape index (κ3) is 7.89. The molecule has 0 saturated carbocycles. The molecule has 29 heavy (non-hydrogen) atoms. The summed E-state index contributed by atoms with van der Waals surface area (Å²) in [5.74, 6) is 1.41. The predicted molar refractivity (Wildman–Crippen MR) is 105 cm³/mol. The van der Waals surface area contributed by atoms with E-state index >= 15 is 0 Å². The first kappa shape index (κ1) is 22.3. The van der Waals surface area contributed by atoms with Crippen LogP contribution in [0.25, 0.3) is 0 Å². The quantitative estimate of drug-likeness (QED) is 0.517. The van der Waals surface area contributed by atoms with Crippen molar-refractivity contribution >= 4 is 5.96 Å². The number of alkyl halides is 3. The predicted octanol–water partition coefficient (Wildman–Crippen LogP) is 3.25. The van der Waals surface area contributed by atoms with E-state index in [1.165, 1.54) is 12.3 Å². The average Bonchev–Trinajstić information content (AvgIpc) is 2.70. The van der Waals surface area contributed by atoms with E-state index in [2.05, 4.69) is 31.4 Å². The number of nitrogens with zero attached hydrogens (tertiary/aromatic N) is 2. The number of halogens is 3. The van der Waals surface area contributed by atoms with Gasteiger partial charge in [-0.2, -0.15) is 13.2 Å². The van der Waals surface area contributed by atoms with Crippen LogP contribution >= 0.6 is 0 Å². The molecule has 1 aromatic heterocycles. The van der Waals surface area contributed by atoms with Gasteiger partial charge in [0.1, 0.15) is 5.75 Å². The van der Waals surface area contributed by atoms with Crippen molar-refractivity contribution in [1.82, 2.24) is 15.6 Å². The molecule has 0 bridgehead atoms. The van der Waals surface area contributed by atoms with Gasteiger partial charge in [0.25, 0.3) is 0 Å². The molecule has 0 atom stereocenters. The number of rotatable bonds is 8. The fourth-order valence-electron chi connectivity index (χ4n) is 2.51. The van der Waals surface area contributed by atoms with Gasteiger partial charge in [-0.25, -0.2) is 4.98 Å². The Kier molecular flexibility index (Phi) is 8.11. The summed E-state index contributed by atoms with van der Waals surface area (Å²) in [5, 5.41) is 6.35. The summed E-state index contributed by atoms with van der Waals surface area (Å²) in [6, 6.07) is 9.16. The number of aryl methyl sites for hydroxylation is 1. The second-order valence-corrected chi connectivity index (χ2v) is 6.32. The lowest BCUT2D eigenvalue weighted by Crippen LogP contribution is -2.37. The summed E-state index contributed by atoms with van der Waals surface area (Å²) in [6.45, 7) is 1.73. The topological polar surface area (TPSA) is 67.8 Å². The molecule has 0 radical (unpaired) electrons. The van der Waals surface area contributed by atoms with Gasteiger partial charge in [-0.1, -0.05) is 18.2 Å². The van der Waals surface area contributed by atoms with Crippen molar-refractivity contribution in [3.05, 3.63) is 53.2 Å². The van der Waals surface area contributed by atoms with Crippen molar-refractivity contribution in [3.63, 3.8) is 0 Å². The molecule has 1 aromatic carbocycles. The van der Waals surface area contributed by atoms with Crippen LogP contribution < -0.4 is 20.1 Å². The summed E-state index contributed by atoms with van der Waals surface area (Å²) >= 11 is 0. The largest absolute Gasteiger partial charge is 0.496 e. The monoisotopic (exact) mass is 410 g/mol. The minimum Gasteiger partial charge on any atom is -0.496 e. The van der Waals surface area contributed by atoms with Gasteiger partial charge in [-0.15, -0.1) is 0 Å². The Hall–Kier alpha value is -2.97. The second kappa shape index (κ2) is 10.5. The van der Waals surface area contributed by atoms with E-state index in [9.17, 15) is 13.2 Å². The van der Waals surface area contributed by atoms with E-state index in [0.29, 0.717) is 19.0 Å². The van der Waals surface area contributed by atoms with E-state index in [1.54, 1.807) is 20.2 Å². The number of hydrogen-bond acceptors (Lipinski definition) is 4. The Morgan fingerprint density at radius 1 is 1.14 bits per heavy atom. The maximum atomic E-state index is 12.1. The summed E-state index contributed by atoms with van der Waals surface area (Å²) < 4.78 is 46.4. The van der Waals surface area contributed by atoms with Crippen molar-refractivity contribution in [2.45, 2.75) is 26.1 Å². The Balaban J connectivity index is 1.77. The number of aromatic nitrogens is 1. The molecule has 0 unspecified atom stereocenters. The van der Waals surface area contributed by atoms with Gasteiger partial charge in [0, 0.05) is 32.4 Å². The lowest BCUT2D eigenvalue weighted by molar-refractivity contribution is -0.154. The molecule has 2 aromatic rings. The summed E-state index contributed by atoms with van der Waals surface area (Å²) in [7, 11) is 3.32. The van der Waals surface area contributed by atoms with Crippen molar-refractivity contribution in [2.75, 3.05) is 27.3 Å². The van der Waals surface area contributed by atoms with Crippen LogP contribution in [0.5, 0.6) is 11.6 Å². The molecule has 1 heterocycles. The van der Waals surface area contributed by atoms with Crippen LogP contribution in [0.15, 0.2) is 41.5 Å². The Bertz CT molecular complexity index is 808. The molecular weight excluding hydrogens is 385 g/mol. The number of aliphatic imine (C=N–C) groups is 1. The average molecular weight is 410 g/mol. The number of pyridine rings is 1. The Labute approximate surface area is 168 Å². The van der Waals surface area contributed by atoms with Crippen LogP contribution in [0.1, 0.15) is 16.7 Å². The Morgan fingerprint density at radius 2 is 1.90 bits per heavy atom. The number of hydrogen-bond donors (Lipinski definition) is 2. The van der Waals surface area contributed by atoms with Crippen LogP contribution in [0.2, 0.25) is 0 Å². The van der Waals surface area contributed by atoms with Crippen molar-refractivity contribution in [1.29, 1.82) is 0 Å². The van der Waals surface area contributed by atoms with Gasteiger partial charge in [-0.05, 0) is 36.1 Å². The fraction of sp³-hybridized carbons (Fsp3) is 0.400. The van der Waals surface area contributed by atoms with Gasteiger partial charge in [0.15, 0.2) is 12.6 Å². The minimum atomic E-state index is -4.39. The van der Waals surface area contributed by atoms with Gasteiger partial charge in [0.05, 0.1) is 7.11 Å². The lowest BCUT2D eigenvalue weighted by atomic mass is 10.1. The van der Waals surface area contributed by atoms with E-state index in [1.807, 2.05) is 19.1 Å². The summed E-state index contributed by atoms with van der Waals surface area (Å²) in [4.78, 5) is 8.03. The zero-order chi connectivity index (χ0) is 21.3. The molecule has 0 spiro atoms. The van der Waals surface area contributed by atoms with Gasteiger partial charge >= 0.3 is 6.18 Å². The van der Waals surface area contributed by atoms with Crippen molar-refractivity contribution in [3.8, 4) is 11.6 Å². The number of methoxy groups -OCH3 is 1. The summed E-state index contributed by atoms with van der Waals surface area (Å²) in [6.07, 6.45) is -2.13. The maximum Gasteiger partial charge on any atom is 0.422 e. The van der Waals surface area contributed by atoms with Crippen LogP contribution in [-0.2, 0) is 13.0 Å². The molecule has 2 rings (SSSR count). The third-order valence-corrected chi connectivity index (χ3v) is 4.04. The third-order valence-electron chi connectivity index (χ3n) is 4.04. The number of guanidine groups is 1. The normalized spacial score (nSPS) is 11.9. The SMILES string of the molecule is CN=C(NCCc1ccc(C)c(OC)c1)NCc1ccc(OCC(F)(F)F)nc1. The molecule has 158 valence electrons. The highest BCUT2D eigenvalue weighted by molar-refractivity contribution is 5.79. The van der Waals surface area contributed by atoms with E-state index in [0.717, 1.165) is 28.9 Å². The highest BCUT2D eigenvalue weighted by Gasteiger charge is 2.28. The molecule has 0 saturated heterocycles. The number of benzene rings is 1. The first-order chi connectivity index (χ1) is 13.8. The highest BCUT2D eigenvalue weighted by atomic mass is 19.4. The first-order valence-electron chi connectivity index (χ1n) is 9.03. The Morgan fingerprint density at radius 3 is 2.52 bits per heavy atom. The fourth-order valence-corrected chi connectivity index (χ4v) is 2.51. The molecule has 2 N–H and O–H groups in total. The molecule has 0 fully saturated rings.